The van der Waals surface area contributed by atoms with E-state index in [1.165, 1.54) is 23.1 Å². The number of hydrogen-bond donors (Lipinski definition) is 0. The monoisotopic (exact) mass is 407 g/mol. The van der Waals surface area contributed by atoms with Crippen molar-refractivity contribution in [1.82, 2.24) is 14.5 Å². The fourth-order valence-corrected chi connectivity index (χ4v) is 5.77. The molecule has 2 aromatic heterocycles. The van der Waals surface area contributed by atoms with Crippen LogP contribution >= 0.6 is 23.1 Å². The molecule has 0 aromatic carbocycles. The highest BCUT2D eigenvalue weighted by molar-refractivity contribution is 7.99. The van der Waals surface area contributed by atoms with Crippen LogP contribution in [0.4, 0.5) is 0 Å². The van der Waals surface area contributed by atoms with Crippen LogP contribution in [0.2, 0.25) is 0 Å². The Morgan fingerprint density at radius 2 is 2.00 bits per heavy atom. The summed E-state index contributed by atoms with van der Waals surface area (Å²) in [6, 6.07) is 1.97. The number of thioether (sulfide) groups is 1. The average molecular weight is 408 g/mol. The lowest BCUT2D eigenvalue weighted by atomic mass is 9.92. The number of hydrogen-bond acceptors (Lipinski definition) is 5. The van der Waals surface area contributed by atoms with Crippen molar-refractivity contribution in [3.8, 4) is 0 Å². The maximum atomic E-state index is 12.9. The fourth-order valence-electron chi connectivity index (χ4n) is 3.84. The van der Waals surface area contributed by atoms with E-state index >= 15 is 0 Å². The van der Waals surface area contributed by atoms with Gasteiger partial charge in [0.25, 0.3) is 5.56 Å². The van der Waals surface area contributed by atoms with Gasteiger partial charge in [0.1, 0.15) is 4.83 Å². The molecular weight excluding hydrogens is 378 g/mol. The van der Waals surface area contributed by atoms with Gasteiger partial charge >= 0.3 is 0 Å². The molecule has 148 valence electrons. The van der Waals surface area contributed by atoms with E-state index in [1.54, 1.807) is 15.9 Å². The zero-order valence-electron chi connectivity index (χ0n) is 16.7. The van der Waals surface area contributed by atoms with Crippen molar-refractivity contribution in [2.24, 2.45) is 11.8 Å². The topological polar surface area (TPSA) is 55.2 Å². The van der Waals surface area contributed by atoms with Gasteiger partial charge in [-0.15, -0.1) is 11.3 Å². The van der Waals surface area contributed by atoms with Gasteiger partial charge in [0.05, 0.1) is 11.1 Å². The SMILES string of the molecule is CCCn1c(SCC(=O)N2C[C@H](C)C[C@@H](C)C2)nc2sc(CC)cc2c1=O. The molecule has 0 N–H and O–H groups in total. The van der Waals surface area contributed by atoms with Crippen LogP contribution in [-0.4, -0.2) is 39.2 Å². The number of fused-ring (bicyclic) bond motifs is 1. The Labute approximate surface area is 169 Å². The van der Waals surface area contributed by atoms with Crippen molar-refractivity contribution in [3.05, 3.63) is 21.3 Å². The van der Waals surface area contributed by atoms with Crippen LogP contribution < -0.4 is 5.56 Å². The number of aromatic nitrogens is 2. The predicted octanol–water partition coefficient (Wildman–Crippen LogP) is 4.03. The lowest BCUT2D eigenvalue weighted by Gasteiger charge is -2.35. The summed E-state index contributed by atoms with van der Waals surface area (Å²) in [5.41, 5.74) is 0.0213. The first kappa shape index (κ1) is 20.4. The highest BCUT2D eigenvalue weighted by atomic mass is 32.2. The molecule has 1 fully saturated rings. The molecule has 7 heteroatoms. The van der Waals surface area contributed by atoms with Gasteiger partial charge in [-0.2, -0.15) is 0 Å². The van der Waals surface area contributed by atoms with Crippen molar-refractivity contribution in [1.29, 1.82) is 0 Å². The van der Waals surface area contributed by atoms with Gasteiger partial charge in [0.15, 0.2) is 5.16 Å². The van der Waals surface area contributed by atoms with E-state index in [-0.39, 0.29) is 11.5 Å². The molecule has 0 saturated carbocycles. The van der Waals surface area contributed by atoms with E-state index in [9.17, 15) is 9.59 Å². The van der Waals surface area contributed by atoms with Crippen LogP contribution in [0.15, 0.2) is 16.0 Å². The third-order valence-electron chi connectivity index (χ3n) is 5.01. The predicted molar refractivity (Wildman–Crippen MR) is 114 cm³/mol. The molecule has 0 aliphatic carbocycles. The van der Waals surface area contributed by atoms with E-state index in [1.807, 2.05) is 11.0 Å². The fraction of sp³-hybridized carbons (Fsp3) is 0.650. The summed E-state index contributed by atoms with van der Waals surface area (Å²) >= 11 is 2.99. The molecule has 1 amide bonds. The molecule has 5 nitrogen and oxygen atoms in total. The number of carbonyl (C=O) groups is 1. The third-order valence-corrected chi connectivity index (χ3v) is 7.14. The van der Waals surface area contributed by atoms with Crippen LogP contribution in [0.25, 0.3) is 10.2 Å². The average Bonchev–Trinajstić information content (AvgIpc) is 3.05. The third kappa shape index (κ3) is 4.57. The summed E-state index contributed by atoms with van der Waals surface area (Å²) in [5.74, 6) is 1.59. The first-order valence-electron chi connectivity index (χ1n) is 9.86. The molecule has 1 aliphatic heterocycles. The van der Waals surface area contributed by atoms with Gasteiger partial charge in [0.2, 0.25) is 5.91 Å². The number of thiophene rings is 1. The standard InChI is InChI=1S/C20H29N3O2S2/c1-5-7-23-19(25)16-9-15(6-2)27-18(16)21-20(23)26-12-17(24)22-10-13(3)8-14(4)11-22/h9,13-14H,5-8,10-12H2,1-4H3/t13-,14-/m1/s1. The molecule has 1 saturated heterocycles. The largest absolute Gasteiger partial charge is 0.341 e. The zero-order valence-corrected chi connectivity index (χ0v) is 18.3. The number of likely N-dealkylation sites (tertiary alicyclic amines) is 1. The maximum absolute atomic E-state index is 12.9. The second-order valence-corrected chi connectivity index (χ2v) is 9.73. The number of piperidine rings is 1. The summed E-state index contributed by atoms with van der Waals surface area (Å²) in [4.78, 5) is 34.3. The van der Waals surface area contributed by atoms with Crippen LogP contribution in [0.5, 0.6) is 0 Å². The zero-order chi connectivity index (χ0) is 19.6. The highest BCUT2D eigenvalue weighted by Gasteiger charge is 2.25. The minimum Gasteiger partial charge on any atom is -0.341 e. The molecule has 0 radical (unpaired) electrons. The Morgan fingerprint density at radius 1 is 1.30 bits per heavy atom. The van der Waals surface area contributed by atoms with E-state index in [0.717, 1.165) is 30.8 Å². The summed E-state index contributed by atoms with van der Waals surface area (Å²) in [6.45, 7) is 10.9. The quantitative estimate of drug-likeness (QED) is 0.536. The Bertz CT molecular complexity index is 864. The lowest BCUT2D eigenvalue weighted by Crippen LogP contribution is -2.43. The lowest BCUT2D eigenvalue weighted by molar-refractivity contribution is -0.130. The van der Waals surface area contributed by atoms with E-state index in [0.29, 0.717) is 34.7 Å². The molecule has 2 atom stereocenters. The van der Waals surface area contributed by atoms with Crippen molar-refractivity contribution < 1.29 is 4.79 Å². The highest BCUT2D eigenvalue weighted by Crippen LogP contribution is 2.26. The number of nitrogens with zero attached hydrogens (tertiary/aromatic N) is 3. The summed E-state index contributed by atoms with van der Waals surface area (Å²) in [5, 5.41) is 1.38. The summed E-state index contributed by atoms with van der Waals surface area (Å²) in [7, 11) is 0. The van der Waals surface area contributed by atoms with Crippen LogP contribution in [0.1, 0.15) is 45.4 Å². The number of amides is 1. The summed E-state index contributed by atoms with van der Waals surface area (Å²) in [6.07, 6.45) is 2.95. The molecule has 0 unspecified atom stereocenters. The Kier molecular flexibility index (Phi) is 6.63. The van der Waals surface area contributed by atoms with Crippen LogP contribution in [-0.2, 0) is 17.8 Å². The maximum Gasteiger partial charge on any atom is 0.262 e. The summed E-state index contributed by atoms with van der Waals surface area (Å²) < 4.78 is 1.74. The normalized spacial score (nSPS) is 20.4. The van der Waals surface area contributed by atoms with Crippen LogP contribution in [0, 0.1) is 11.8 Å². The van der Waals surface area contributed by atoms with Crippen molar-refractivity contribution in [3.63, 3.8) is 0 Å². The Hall–Kier alpha value is -1.34. The first-order valence-corrected chi connectivity index (χ1v) is 11.7. The van der Waals surface area contributed by atoms with E-state index in [2.05, 4.69) is 27.7 Å². The van der Waals surface area contributed by atoms with Gasteiger partial charge in [-0.3, -0.25) is 14.2 Å². The van der Waals surface area contributed by atoms with E-state index in [4.69, 9.17) is 4.98 Å². The van der Waals surface area contributed by atoms with Crippen molar-refractivity contribution in [2.75, 3.05) is 18.8 Å². The smallest absolute Gasteiger partial charge is 0.262 e. The van der Waals surface area contributed by atoms with Crippen molar-refractivity contribution >= 4 is 39.2 Å². The van der Waals surface area contributed by atoms with Crippen LogP contribution in [0.3, 0.4) is 0 Å². The Morgan fingerprint density at radius 3 is 2.63 bits per heavy atom. The minimum atomic E-state index is 0.0213. The second-order valence-electron chi connectivity index (χ2n) is 7.67. The molecule has 1 aliphatic rings. The Balaban J connectivity index is 1.82. The first-order chi connectivity index (χ1) is 12.9. The van der Waals surface area contributed by atoms with Gasteiger partial charge in [-0.25, -0.2) is 4.98 Å². The number of carbonyl (C=O) groups excluding carboxylic acids is 1. The van der Waals surface area contributed by atoms with Crippen molar-refractivity contribution in [2.45, 2.75) is 58.7 Å². The van der Waals surface area contributed by atoms with Gasteiger partial charge in [-0.1, -0.05) is 39.5 Å². The molecule has 2 aromatic rings. The number of rotatable bonds is 6. The molecular formula is C20H29N3O2S2. The van der Waals surface area contributed by atoms with Gasteiger partial charge < -0.3 is 4.90 Å². The molecule has 27 heavy (non-hydrogen) atoms. The van der Waals surface area contributed by atoms with E-state index < -0.39 is 0 Å². The minimum absolute atomic E-state index is 0.0213. The van der Waals surface area contributed by atoms with Gasteiger partial charge in [-0.05, 0) is 37.2 Å². The molecule has 3 heterocycles. The molecule has 0 bridgehead atoms. The molecule has 0 spiro atoms. The molecule has 3 rings (SSSR count). The number of aryl methyl sites for hydroxylation is 1. The second kappa shape index (κ2) is 8.78. The van der Waals surface area contributed by atoms with Gasteiger partial charge in [0, 0.05) is 24.5 Å².